The summed E-state index contributed by atoms with van der Waals surface area (Å²) in [6.07, 6.45) is 3.22. The van der Waals surface area contributed by atoms with Gasteiger partial charge < -0.3 is 10.6 Å². The highest BCUT2D eigenvalue weighted by Crippen LogP contribution is 2.20. The molecule has 0 radical (unpaired) electrons. The molecule has 1 aromatic heterocycles. The fraction of sp³-hybridized carbons (Fsp3) is 0.692. The summed E-state index contributed by atoms with van der Waals surface area (Å²) in [5.41, 5.74) is 1.10. The maximum atomic E-state index is 4.48. The third-order valence-electron chi connectivity index (χ3n) is 2.76. The van der Waals surface area contributed by atoms with Crippen molar-refractivity contribution in [1.82, 2.24) is 9.97 Å². The molecule has 1 unspecified atom stereocenters. The van der Waals surface area contributed by atoms with Gasteiger partial charge in [-0.25, -0.2) is 9.97 Å². The Morgan fingerprint density at radius 1 is 1.17 bits per heavy atom. The van der Waals surface area contributed by atoms with E-state index in [1.807, 2.05) is 18.7 Å². The zero-order valence-electron chi connectivity index (χ0n) is 12.0. The molecule has 0 amide bonds. The van der Waals surface area contributed by atoms with Gasteiger partial charge in [0.2, 0.25) is 0 Å². The number of hydrogen-bond acceptors (Lipinski definition) is 5. The van der Waals surface area contributed by atoms with Crippen LogP contribution in [0.15, 0.2) is 0 Å². The lowest BCUT2D eigenvalue weighted by Gasteiger charge is -2.15. The third-order valence-corrected chi connectivity index (χ3v) is 3.73. The summed E-state index contributed by atoms with van der Waals surface area (Å²) >= 11 is 1.85. The fourth-order valence-electron chi connectivity index (χ4n) is 1.54. The molecule has 0 aliphatic heterocycles. The molecule has 0 aliphatic rings. The van der Waals surface area contributed by atoms with E-state index in [0.717, 1.165) is 42.5 Å². The van der Waals surface area contributed by atoms with Gasteiger partial charge in [0.1, 0.15) is 17.5 Å². The first-order chi connectivity index (χ1) is 8.58. The first-order valence-corrected chi connectivity index (χ1v) is 7.73. The van der Waals surface area contributed by atoms with Crippen molar-refractivity contribution in [1.29, 1.82) is 0 Å². The summed E-state index contributed by atoms with van der Waals surface area (Å²) in [6.45, 7) is 10.2. The molecular weight excluding hydrogens is 244 g/mol. The van der Waals surface area contributed by atoms with Crippen LogP contribution in [0.3, 0.4) is 0 Å². The minimum atomic E-state index is 0.576. The van der Waals surface area contributed by atoms with Gasteiger partial charge in [0, 0.05) is 23.9 Å². The molecule has 1 rings (SSSR count). The minimum Gasteiger partial charge on any atom is -0.370 e. The van der Waals surface area contributed by atoms with Gasteiger partial charge in [0.25, 0.3) is 0 Å². The van der Waals surface area contributed by atoms with Crippen molar-refractivity contribution >= 4 is 23.4 Å². The van der Waals surface area contributed by atoms with Gasteiger partial charge in [0.15, 0.2) is 0 Å². The molecule has 0 bridgehead atoms. The Labute approximate surface area is 114 Å². The van der Waals surface area contributed by atoms with Gasteiger partial charge >= 0.3 is 0 Å². The second-order valence-electron chi connectivity index (χ2n) is 4.45. The number of hydrogen-bond donors (Lipinski definition) is 2. The molecule has 4 nitrogen and oxygen atoms in total. The van der Waals surface area contributed by atoms with Crippen molar-refractivity contribution in [3.8, 4) is 0 Å². The summed E-state index contributed by atoms with van der Waals surface area (Å²) < 4.78 is 0. The van der Waals surface area contributed by atoms with Gasteiger partial charge in [-0.15, -0.1) is 0 Å². The van der Waals surface area contributed by atoms with Gasteiger partial charge in [0.05, 0.1) is 0 Å². The lowest BCUT2D eigenvalue weighted by atomic mass is 10.3. The van der Waals surface area contributed by atoms with E-state index in [1.54, 1.807) is 0 Å². The highest BCUT2D eigenvalue weighted by atomic mass is 32.2. The van der Waals surface area contributed by atoms with Crippen LogP contribution in [0.5, 0.6) is 0 Å². The zero-order valence-corrected chi connectivity index (χ0v) is 12.8. The van der Waals surface area contributed by atoms with E-state index in [-0.39, 0.29) is 0 Å². The molecule has 0 aromatic carbocycles. The molecule has 0 spiro atoms. The van der Waals surface area contributed by atoms with Crippen molar-refractivity contribution in [2.75, 3.05) is 30.0 Å². The van der Waals surface area contributed by atoms with Crippen LogP contribution in [-0.4, -0.2) is 34.6 Å². The van der Waals surface area contributed by atoms with Crippen molar-refractivity contribution in [2.24, 2.45) is 0 Å². The average molecular weight is 268 g/mol. The lowest BCUT2D eigenvalue weighted by Crippen LogP contribution is -2.16. The van der Waals surface area contributed by atoms with Crippen LogP contribution in [0, 0.1) is 13.8 Å². The number of aromatic nitrogens is 2. The van der Waals surface area contributed by atoms with E-state index in [2.05, 4.69) is 47.6 Å². The molecule has 1 atom stereocenters. The Balaban J connectivity index is 2.80. The van der Waals surface area contributed by atoms with Crippen LogP contribution in [-0.2, 0) is 0 Å². The third kappa shape index (κ3) is 4.37. The summed E-state index contributed by atoms with van der Waals surface area (Å²) in [5, 5.41) is 7.33. The number of aryl methyl sites for hydroxylation is 1. The van der Waals surface area contributed by atoms with Gasteiger partial charge in [-0.05, 0) is 26.5 Å². The highest BCUT2D eigenvalue weighted by Gasteiger charge is 2.09. The number of thioether (sulfide) groups is 1. The van der Waals surface area contributed by atoms with Gasteiger partial charge in [-0.2, -0.15) is 11.8 Å². The van der Waals surface area contributed by atoms with Crippen LogP contribution >= 0.6 is 11.8 Å². The molecule has 18 heavy (non-hydrogen) atoms. The minimum absolute atomic E-state index is 0.576. The first kappa shape index (κ1) is 15.1. The van der Waals surface area contributed by atoms with Gasteiger partial charge in [-0.1, -0.05) is 13.8 Å². The SMILES string of the molecule is CCCNc1nc(C)nc(NCC(C)SC)c1C. The van der Waals surface area contributed by atoms with E-state index >= 15 is 0 Å². The Morgan fingerprint density at radius 3 is 2.33 bits per heavy atom. The highest BCUT2D eigenvalue weighted by molar-refractivity contribution is 7.99. The fourth-order valence-corrected chi connectivity index (χ4v) is 1.79. The number of rotatable bonds is 7. The maximum absolute atomic E-state index is 4.48. The Morgan fingerprint density at radius 2 is 1.78 bits per heavy atom. The van der Waals surface area contributed by atoms with Gasteiger partial charge in [-0.3, -0.25) is 0 Å². The summed E-state index contributed by atoms with van der Waals surface area (Å²) in [7, 11) is 0. The molecule has 1 heterocycles. The summed E-state index contributed by atoms with van der Waals surface area (Å²) in [5.74, 6) is 2.70. The topological polar surface area (TPSA) is 49.8 Å². The smallest absolute Gasteiger partial charge is 0.134 e. The van der Waals surface area contributed by atoms with Crippen LogP contribution < -0.4 is 10.6 Å². The maximum Gasteiger partial charge on any atom is 0.134 e. The molecule has 0 fully saturated rings. The average Bonchev–Trinajstić information content (AvgIpc) is 2.37. The largest absolute Gasteiger partial charge is 0.370 e. The molecule has 0 aliphatic carbocycles. The number of nitrogens with zero attached hydrogens (tertiary/aromatic N) is 2. The van der Waals surface area contributed by atoms with Crippen LogP contribution in [0.4, 0.5) is 11.6 Å². The monoisotopic (exact) mass is 268 g/mol. The quantitative estimate of drug-likeness (QED) is 0.796. The zero-order chi connectivity index (χ0) is 13.5. The molecular formula is C13H24N4S. The van der Waals surface area contributed by atoms with E-state index in [1.165, 1.54) is 0 Å². The molecule has 0 saturated heterocycles. The Bertz CT molecular complexity index is 381. The standard InChI is InChI=1S/C13H24N4S/c1-6-7-14-12-10(3)13(17-11(4)16-12)15-8-9(2)18-5/h9H,6-8H2,1-5H3,(H2,14,15,16,17). The second-order valence-corrected chi connectivity index (χ2v) is 5.72. The van der Waals surface area contributed by atoms with Crippen LogP contribution in [0.2, 0.25) is 0 Å². The number of nitrogens with one attached hydrogen (secondary N) is 2. The molecule has 5 heteroatoms. The molecule has 2 N–H and O–H groups in total. The summed E-state index contributed by atoms with van der Waals surface area (Å²) in [6, 6.07) is 0. The van der Waals surface area contributed by atoms with Crippen molar-refractivity contribution in [3.63, 3.8) is 0 Å². The molecule has 0 saturated carbocycles. The predicted octanol–water partition coefficient (Wildman–Crippen LogP) is 3.08. The number of anilines is 2. The van der Waals surface area contributed by atoms with Crippen LogP contribution in [0.1, 0.15) is 31.7 Å². The predicted molar refractivity (Wildman–Crippen MR) is 81.8 cm³/mol. The Hall–Kier alpha value is -0.970. The van der Waals surface area contributed by atoms with E-state index < -0.39 is 0 Å². The van der Waals surface area contributed by atoms with Crippen molar-refractivity contribution < 1.29 is 0 Å². The second kappa shape index (κ2) is 7.46. The van der Waals surface area contributed by atoms with Crippen molar-refractivity contribution in [2.45, 2.75) is 39.4 Å². The Kier molecular flexibility index (Phi) is 6.25. The first-order valence-electron chi connectivity index (χ1n) is 6.44. The van der Waals surface area contributed by atoms with E-state index in [0.29, 0.717) is 5.25 Å². The molecule has 102 valence electrons. The normalized spacial score (nSPS) is 12.3. The lowest BCUT2D eigenvalue weighted by molar-refractivity contribution is 0.934. The van der Waals surface area contributed by atoms with E-state index in [4.69, 9.17) is 0 Å². The summed E-state index contributed by atoms with van der Waals surface area (Å²) in [4.78, 5) is 8.93. The van der Waals surface area contributed by atoms with E-state index in [9.17, 15) is 0 Å². The molecule has 1 aromatic rings. The van der Waals surface area contributed by atoms with Crippen molar-refractivity contribution in [3.05, 3.63) is 11.4 Å². The van der Waals surface area contributed by atoms with Crippen LogP contribution in [0.25, 0.3) is 0 Å².